The number of ether oxygens (including phenoxy) is 1. The van der Waals surface area contributed by atoms with Gasteiger partial charge in [-0.1, -0.05) is 34.1 Å². The molecule has 0 radical (unpaired) electrons. The van der Waals surface area contributed by atoms with Gasteiger partial charge in [0.1, 0.15) is 18.2 Å². The largest absolute Gasteiger partial charge is 0.489 e. The lowest BCUT2D eigenvalue weighted by Gasteiger charge is -2.12. The van der Waals surface area contributed by atoms with Gasteiger partial charge >= 0.3 is 0 Å². The van der Waals surface area contributed by atoms with Gasteiger partial charge in [0, 0.05) is 10.0 Å². The zero-order valence-corrected chi connectivity index (χ0v) is 12.0. The van der Waals surface area contributed by atoms with E-state index < -0.39 is 0 Å². The van der Waals surface area contributed by atoms with Crippen LogP contribution >= 0.6 is 15.9 Å². The van der Waals surface area contributed by atoms with Crippen molar-refractivity contribution in [3.05, 3.63) is 63.9 Å². The van der Waals surface area contributed by atoms with Crippen molar-refractivity contribution in [2.45, 2.75) is 13.0 Å². The summed E-state index contributed by atoms with van der Waals surface area (Å²) < 4.78 is 20.0. The highest BCUT2D eigenvalue weighted by atomic mass is 79.9. The van der Waals surface area contributed by atoms with Gasteiger partial charge in [-0.3, -0.25) is 0 Å². The van der Waals surface area contributed by atoms with Gasteiger partial charge in [-0.25, -0.2) is 4.39 Å². The summed E-state index contributed by atoms with van der Waals surface area (Å²) in [5.41, 5.74) is 7.37. The number of hydrogen-bond donors (Lipinski definition) is 1. The second-order valence-electron chi connectivity index (χ2n) is 4.17. The summed E-state index contributed by atoms with van der Waals surface area (Å²) >= 11 is 3.47. The average Bonchev–Trinajstić information content (AvgIpc) is 2.40. The minimum Gasteiger partial charge on any atom is -0.489 e. The highest BCUT2D eigenvalue weighted by Crippen LogP contribution is 2.23. The molecule has 0 unspecified atom stereocenters. The molecular formula is C15H15BrFNO. The van der Waals surface area contributed by atoms with Crippen molar-refractivity contribution in [1.29, 1.82) is 0 Å². The molecule has 0 atom stereocenters. The van der Waals surface area contributed by atoms with Gasteiger partial charge in [-0.15, -0.1) is 0 Å². The summed E-state index contributed by atoms with van der Waals surface area (Å²) in [6.45, 7) is 0.902. The molecule has 2 nitrogen and oxygen atoms in total. The second-order valence-corrected chi connectivity index (χ2v) is 5.03. The standard InChI is InChI=1S/C15H15BrFNO/c16-14-4-2-1-3-12(14)10-19-15-6-5-13(17)9-11(15)7-8-18/h1-6,9H,7-8,10,18H2. The molecule has 0 amide bonds. The lowest BCUT2D eigenvalue weighted by molar-refractivity contribution is 0.301. The molecule has 2 aromatic rings. The Kier molecular flexibility index (Phi) is 4.93. The molecule has 0 saturated carbocycles. The van der Waals surface area contributed by atoms with Gasteiger partial charge in [-0.05, 0) is 42.8 Å². The predicted octanol–water partition coefficient (Wildman–Crippen LogP) is 3.67. The summed E-state index contributed by atoms with van der Waals surface area (Å²) in [5, 5.41) is 0. The van der Waals surface area contributed by atoms with E-state index in [-0.39, 0.29) is 5.82 Å². The summed E-state index contributed by atoms with van der Waals surface area (Å²) in [6, 6.07) is 12.4. The fourth-order valence-electron chi connectivity index (χ4n) is 1.81. The lowest BCUT2D eigenvalue weighted by Crippen LogP contribution is -2.06. The summed E-state index contributed by atoms with van der Waals surface area (Å²) in [4.78, 5) is 0. The Morgan fingerprint density at radius 1 is 1.11 bits per heavy atom. The third-order valence-corrected chi connectivity index (χ3v) is 3.55. The summed E-state index contributed by atoms with van der Waals surface area (Å²) in [6.07, 6.45) is 0.600. The van der Waals surface area contributed by atoms with Gasteiger partial charge in [-0.2, -0.15) is 0 Å². The third-order valence-electron chi connectivity index (χ3n) is 2.78. The van der Waals surface area contributed by atoms with Crippen molar-refractivity contribution < 1.29 is 9.13 Å². The fourth-order valence-corrected chi connectivity index (χ4v) is 2.21. The van der Waals surface area contributed by atoms with Gasteiger partial charge in [0.05, 0.1) is 0 Å². The maximum absolute atomic E-state index is 13.2. The molecule has 100 valence electrons. The van der Waals surface area contributed by atoms with E-state index in [0.29, 0.717) is 25.3 Å². The maximum Gasteiger partial charge on any atom is 0.123 e. The highest BCUT2D eigenvalue weighted by Gasteiger charge is 2.06. The van der Waals surface area contributed by atoms with Crippen molar-refractivity contribution in [2.24, 2.45) is 5.73 Å². The Bertz CT molecular complexity index is 560. The van der Waals surface area contributed by atoms with Crippen LogP contribution in [-0.4, -0.2) is 6.54 Å². The SMILES string of the molecule is NCCc1cc(F)ccc1OCc1ccccc1Br. The van der Waals surface area contributed by atoms with Crippen LogP contribution in [0.5, 0.6) is 5.75 Å². The molecule has 19 heavy (non-hydrogen) atoms. The topological polar surface area (TPSA) is 35.2 Å². The molecule has 0 aliphatic carbocycles. The highest BCUT2D eigenvalue weighted by molar-refractivity contribution is 9.10. The van der Waals surface area contributed by atoms with E-state index in [0.717, 1.165) is 15.6 Å². The van der Waals surface area contributed by atoms with E-state index >= 15 is 0 Å². The van der Waals surface area contributed by atoms with E-state index in [2.05, 4.69) is 15.9 Å². The van der Waals surface area contributed by atoms with Crippen LogP contribution in [-0.2, 0) is 13.0 Å². The van der Waals surface area contributed by atoms with Crippen LogP contribution in [0.3, 0.4) is 0 Å². The molecule has 0 heterocycles. The first-order valence-corrected chi connectivity index (χ1v) is 6.84. The lowest BCUT2D eigenvalue weighted by atomic mass is 10.1. The molecule has 0 spiro atoms. The Labute approximate surface area is 120 Å². The van der Waals surface area contributed by atoms with E-state index in [4.69, 9.17) is 10.5 Å². The normalized spacial score (nSPS) is 10.5. The molecular weight excluding hydrogens is 309 g/mol. The monoisotopic (exact) mass is 323 g/mol. The van der Waals surface area contributed by atoms with Crippen LogP contribution in [0, 0.1) is 5.82 Å². The van der Waals surface area contributed by atoms with Crippen LogP contribution in [0.25, 0.3) is 0 Å². The number of halogens is 2. The zero-order chi connectivity index (χ0) is 13.7. The van der Waals surface area contributed by atoms with Crippen molar-refractivity contribution >= 4 is 15.9 Å². The number of hydrogen-bond acceptors (Lipinski definition) is 2. The number of rotatable bonds is 5. The van der Waals surface area contributed by atoms with Gasteiger partial charge < -0.3 is 10.5 Å². The first-order chi connectivity index (χ1) is 9.20. The molecule has 0 bridgehead atoms. The summed E-state index contributed by atoms with van der Waals surface area (Å²) in [7, 11) is 0. The quantitative estimate of drug-likeness (QED) is 0.911. The van der Waals surface area contributed by atoms with Crippen molar-refractivity contribution in [1.82, 2.24) is 0 Å². The van der Waals surface area contributed by atoms with Crippen LogP contribution in [0.15, 0.2) is 46.9 Å². The minimum absolute atomic E-state index is 0.267. The van der Waals surface area contributed by atoms with Crippen LogP contribution in [0.1, 0.15) is 11.1 Å². The summed E-state index contributed by atoms with van der Waals surface area (Å²) in [5.74, 6) is 0.416. The Morgan fingerprint density at radius 3 is 2.63 bits per heavy atom. The molecule has 0 aliphatic rings. The maximum atomic E-state index is 13.2. The van der Waals surface area contributed by atoms with Crippen molar-refractivity contribution in [2.75, 3.05) is 6.54 Å². The number of nitrogens with two attached hydrogens (primary N) is 1. The smallest absolute Gasteiger partial charge is 0.123 e. The zero-order valence-electron chi connectivity index (χ0n) is 10.4. The molecule has 0 saturated heterocycles. The van der Waals surface area contributed by atoms with E-state index in [1.54, 1.807) is 6.07 Å². The third kappa shape index (κ3) is 3.78. The minimum atomic E-state index is -0.267. The van der Waals surface area contributed by atoms with Crippen LogP contribution < -0.4 is 10.5 Å². The molecule has 0 aromatic heterocycles. The van der Waals surface area contributed by atoms with E-state index in [1.807, 2.05) is 24.3 Å². The van der Waals surface area contributed by atoms with E-state index in [1.165, 1.54) is 12.1 Å². The Balaban J connectivity index is 2.13. The second kappa shape index (κ2) is 6.68. The van der Waals surface area contributed by atoms with Crippen molar-refractivity contribution in [3.8, 4) is 5.75 Å². The van der Waals surface area contributed by atoms with Crippen molar-refractivity contribution in [3.63, 3.8) is 0 Å². The average molecular weight is 324 g/mol. The number of benzene rings is 2. The van der Waals surface area contributed by atoms with E-state index in [9.17, 15) is 4.39 Å². The molecule has 0 aliphatic heterocycles. The molecule has 2 N–H and O–H groups in total. The Hall–Kier alpha value is -1.39. The van der Waals surface area contributed by atoms with Crippen LogP contribution in [0.2, 0.25) is 0 Å². The first kappa shape index (κ1) is 14.0. The molecule has 0 fully saturated rings. The van der Waals surface area contributed by atoms with Gasteiger partial charge in [0.15, 0.2) is 0 Å². The first-order valence-electron chi connectivity index (χ1n) is 6.05. The molecule has 4 heteroatoms. The molecule has 2 rings (SSSR count). The predicted molar refractivity (Wildman–Crippen MR) is 77.6 cm³/mol. The van der Waals surface area contributed by atoms with Gasteiger partial charge in [0.2, 0.25) is 0 Å². The van der Waals surface area contributed by atoms with Crippen LogP contribution in [0.4, 0.5) is 4.39 Å². The van der Waals surface area contributed by atoms with Gasteiger partial charge in [0.25, 0.3) is 0 Å². The fraction of sp³-hybridized carbons (Fsp3) is 0.200. The molecule has 2 aromatic carbocycles. The Morgan fingerprint density at radius 2 is 1.89 bits per heavy atom.